The molecule has 2 nitrogen and oxygen atoms in total. The number of hydrogen-bond donors (Lipinski definition) is 0. The second kappa shape index (κ2) is 4.19. The molecule has 1 aromatic carbocycles. The number of benzene rings is 1. The number of allylic oxidation sites excluding steroid dienone is 1. The zero-order chi connectivity index (χ0) is 11.5. The molecule has 0 spiro atoms. The maximum absolute atomic E-state index is 11.7. The quantitative estimate of drug-likeness (QED) is 0.763. The van der Waals surface area contributed by atoms with E-state index in [9.17, 15) is 4.79 Å². The summed E-state index contributed by atoms with van der Waals surface area (Å²) in [6.07, 6.45) is 5.31. The summed E-state index contributed by atoms with van der Waals surface area (Å²) in [5.74, 6) is 0.557. The number of fused-ring (bicyclic) bond motifs is 1. The van der Waals surface area contributed by atoms with E-state index in [1.54, 1.807) is 18.2 Å². The van der Waals surface area contributed by atoms with Crippen LogP contribution >= 0.6 is 0 Å². The van der Waals surface area contributed by atoms with Gasteiger partial charge in [0.1, 0.15) is 5.76 Å². The summed E-state index contributed by atoms with van der Waals surface area (Å²) in [5.41, 5.74) is 0.544. The van der Waals surface area contributed by atoms with Crippen molar-refractivity contribution in [1.82, 2.24) is 0 Å². The fourth-order valence-corrected chi connectivity index (χ4v) is 1.72. The summed E-state index contributed by atoms with van der Waals surface area (Å²) in [4.78, 5) is 11.7. The first kappa shape index (κ1) is 10.4. The minimum Gasteiger partial charge on any atom is -0.422 e. The second-order valence-corrected chi connectivity index (χ2v) is 3.42. The van der Waals surface area contributed by atoms with Gasteiger partial charge in [0, 0.05) is 5.56 Å². The lowest BCUT2D eigenvalue weighted by Crippen LogP contribution is -2.02. The first-order valence-electron chi connectivity index (χ1n) is 5.09. The first-order chi connectivity index (χ1) is 7.77. The summed E-state index contributed by atoms with van der Waals surface area (Å²) >= 11 is 0. The molecule has 0 saturated heterocycles. The molecule has 0 amide bonds. The van der Waals surface area contributed by atoms with E-state index in [4.69, 9.17) is 4.42 Å². The minimum absolute atomic E-state index is 0.311. The maximum atomic E-state index is 11.7. The molecule has 0 unspecified atom stereocenters. The molecule has 2 aromatic rings. The highest BCUT2D eigenvalue weighted by atomic mass is 16.4. The maximum Gasteiger partial charge on any atom is 0.344 e. The molecule has 1 aromatic heterocycles. The van der Waals surface area contributed by atoms with Crippen LogP contribution in [0, 0.1) is 0 Å². The Kier molecular flexibility index (Phi) is 2.73. The molecule has 0 aliphatic heterocycles. The summed E-state index contributed by atoms with van der Waals surface area (Å²) in [7, 11) is 0. The predicted molar refractivity (Wildman–Crippen MR) is 67.3 cm³/mol. The van der Waals surface area contributed by atoms with Gasteiger partial charge in [-0.25, -0.2) is 4.79 Å². The Balaban J connectivity index is 2.95. The van der Waals surface area contributed by atoms with Crippen LogP contribution in [0.5, 0.6) is 0 Å². The van der Waals surface area contributed by atoms with E-state index in [2.05, 4.69) is 6.58 Å². The van der Waals surface area contributed by atoms with Gasteiger partial charge in [-0.2, -0.15) is 0 Å². The van der Waals surface area contributed by atoms with Crippen molar-refractivity contribution >= 4 is 22.9 Å². The molecule has 1 heterocycles. The Bertz CT molecular complexity index is 618. The Hall–Kier alpha value is -2.09. The van der Waals surface area contributed by atoms with E-state index in [1.807, 2.05) is 31.2 Å². The predicted octanol–water partition coefficient (Wildman–Crippen LogP) is 3.47. The fourth-order valence-electron chi connectivity index (χ4n) is 1.72. The van der Waals surface area contributed by atoms with Crippen molar-refractivity contribution in [2.45, 2.75) is 6.92 Å². The van der Waals surface area contributed by atoms with Crippen LogP contribution in [0.4, 0.5) is 0 Å². The largest absolute Gasteiger partial charge is 0.422 e. The zero-order valence-electron chi connectivity index (χ0n) is 9.07. The van der Waals surface area contributed by atoms with Crippen LogP contribution in [0.25, 0.3) is 22.9 Å². The molecule has 0 bridgehead atoms. The first-order valence-corrected chi connectivity index (χ1v) is 5.09. The smallest absolute Gasteiger partial charge is 0.344 e. The third-order valence-corrected chi connectivity index (χ3v) is 2.43. The molecule has 2 heteroatoms. The van der Waals surface area contributed by atoms with E-state index in [-0.39, 0.29) is 5.63 Å². The van der Waals surface area contributed by atoms with Crippen molar-refractivity contribution in [3.63, 3.8) is 0 Å². The Morgan fingerprint density at radius 2 is 1.94 bits per heavy atom. The molecule has 2 rings (SSSR count). The van der Waals surface area contributed by atoms with Crippen LogP contribution in [-0.2, 0) is 0 Å². The van der Waals surface area contributed by atoms with Crippen LogP contribution < -0.4 is 5.63 Å². The van der Waals surface area contributed by atoms with Crippen molar-refractivity contribution < 1.29 is 4.42 Å². The number of rotatable bonds is 2. The lowest BCUT2D eigenvalue weighted by molar-refractivity contribution is 0.508. The zero-order valence-corrected chi connectivity index (χ0v) is 9.07. The van der Waals surface area contributed by atoms with E-state index in [0.29, 0.717) is 11.1 Å². The minimum atomic E-state index is -0.311. The lowest BCUT2D eigenvalue weighted by atomic mass is 10.1. The molecule has 0 aliphatic carbocycles. The van der Waals surface area contributed by atoms with Crippen molar-refractivity contribution in [3.8, 4) is 0 Å². The van der Waals surface area contributed by atoms with Gasteiger partial charge < -0.3 is 4.42 Å². The fraction of sp³-hybridized carbons (Fsp3) is 0.0714. The summed E-state index contributed by atoms with van der Waals surface area (Å²) < 4.78 is 5.24. The molecular formula is C14H12O2. The molecule has 0 aliphatic rings. The van der Waals surface area contributed by atoms with Gasteiger partial charge in [0.05, 0.1) is 5.39 Å². The average Bonchev–Trinajstić information content (AvgIpc) is 2.30. The second-order valence-electron chi connectivity index (χ2n) is 3.42. The lowest BCUT2D eigenvalue weighted by Gasteiger charge is -2.04. The molecule has 16 heavy (non-hydrogen) atoms. The van der Waals surface area contributed by atoms with Gasteiger partial charge in [-0.05, 0) is 24.5 Å². The van der Waals surface area contributed by atoms with Gasteiger partial charge in [-0.15, -0.1) is 0 Å². The molecule has 0 N–H and O–H groups in total. The van der Waals surface area contributed by atoms with E-state index in [0.717, 1.165) is 10.9 Å². The summed E-state index contributed by atoms with van der Waals surface area (Å²) in [5, 5.41) is 1.47. The average molecular weight is 212 g/mol. The van der Waals surface area contributed by atoms with Gasteiger partial charge in [-0.1, -0.05) is 36.9 Å². The van der Waals surface area contributed by atoms with E-state index < -0.39 is 0 Å². The summed E-state index contributed by atoms with van der Waals surface area (Å²) in [6.45, 7) is 5.63. The third-order valence-electron chi connectivity index (χ3n) is 2.43. The van der Waals surface area contributed by atoms with Crippen LogP contribution in [0.1, 0.15) is 18.2 Å². The van der Waals surface area contributed by atoms with E-state index in [1.165, 1.54) is 0 Å². The standard InChI is InChI=1S/C14H12O2/c1-3-7-13-10(4-2)11-8-5-6-9-12(11)14(15)16-13/h3-9H,2H2,1H3/b7-3-. The van der Waals surface area contributed by atoms with Crippen LogP contribution in [0.15, 0.2) is 46.1 Å². The Morgan fingerprint density at radius 1 is 1.25 bits per heavy atom. The topological polar surface area (TPSA) is 30.2 Å². The highest BCUT2D eigenvalue weighted by molar-refractivity contribution is 5.91. The molecule has 0 fully saturated rings. The van der Waals surface area contributed by atoms with Crippen LogP contribution in [0.3, 0.4) is 0 Å². The monoisotopic (exact) mass is 212 g/mol. The van der Waals surface area contributed by atoms with E-state index >= 15 is 0 Å². The Morgan fingerprint density at radius 3 is 2.56 bits per heavy atom. The molecular weight excluding hydrogens is 200 g/mol. The van der Waals surface area contributed by atoms with Gasteiger partial charge >= 0.3 is 5.63 Å². The van der Waals surface area contributed by atoms with Gasteiger partial charge in [0.25, 0.3) is 0 Å². The highest BCUT2D eigenvalue weighted by Gasteiger charge is 2.08. The van der Waals surface area contributed by atoms with Crippen molar-refractivity contribution in [2.24, 2.45) is 0 Å². The number of hydrogen-bond acceptors (Lipinski definition) is 2. The Labute approximate surface area is 93.5 Å². The van der Waals surface area contributed by atoms with Crippen LogP contribution in [-0.4, -0.2) is 0 Å². The van der Waals surface area contributed by atoms with Gasteiger partial charge in [-0.3, -0.25) is 0 Å². The van der Waals surface area contributed by atoms with Gasteiger partial charge in [0.15, 0.2) is 0 Å². The highest BCUT2D eigenvalue weighted by Crippen LogP contribution is 2.21. The van der Waals surface area contributed by atoms with Gasteiger partial charge in [0.2, 0.25) is 0 Å². The molecule has 0 radical (unpaired) electrons. The molecule has 80 valence electrons. The third kappa shape index (κ3) is 1.58. The van der Waals surface area contributed by atoms with Crippen molar-refractivity contribution in [3.05, 3.63) is 58.7 Å². The molecule has 0 saturated carbocycles. The van der Waals surface area contributed by atoms with Crippen molar-refractivity contribution in [1.29, 1.82) is 0 Å². The van der Waals surface area contributed by atoms with Crippen LogP contribution in [0.2, 0.25) is 0 Å². The van der Waals surface area contributed by atoms with Crippen molar-refractivity contribution in [2.75, 3.05) is 0 Å². The SMILES string of the molecule is C=Cc1c(/C=C\C)oc(=O)c2ccccc12. The molecule has 0 atom stereocenters. The summed E-state index contributed by atoms with van der Waals surface area (Å²) in [6, 6.07) is 7.37. The normalized spacial score (nSPS) is 11.1.